The lowest BCUT2D eigenvalue weighted by Gasteiger charge is -2.29. The molecule has 1 heterocycles. The number of alkyl halides is 3. The van der Waals surface area contributed by atoms with Gasteiger partial charge in [0.2, 0.25) is 11.7 Å². The molecule has 0 radical (unpaired) electrons. The van der Waals surface area contributed by atoms with Gasteiger partial charge in [-0.1, -0.05) is 35.5 Å². The highest BCUT2D eigenvalue weighted by atomic mass is 19.4. The Bertz CT molecular complexity index is 1290. The molecule has 3 aromatic carbocycles. The van der Waals surface area contributed by atoms with Crippen LogP contribution in [-0.2, 0) is 12.6 Å². The highest BCUT2D eigenvalue weighted by molar-refractivity contribution is 5.94. The predicted octanol–water partition coefficient (Wildman–Crippen LogP) is 6.21. The Hall–Kier alpha value is -4.14. The normalized spacial score (nSPS) is 12.2. The lowest BCUT2D eigenvalue weighted by Crippen LogP contribution is -2.35. The first-order chi connectivity index (χ1) is 17.3. The van der Waals surface area contributed by atoms with Crippen LogP contribution in [0.25, 0.3) is 11.4 Å². The van der Waals surface area contributed by atoms with Gasteiger partial charge >= 0.3 is 6.18 Å². The number of nitrogens with zero attached hydrogens (tertiary/aromatic N) is 3. The first-order valence-corrected chi connectivity index (χ1v) is 11.3. The standard InChI is InChI=1S/C27H24F3N3O3/c1-18(19-6-4-3-5-7-19)33(26(34)21-8-12-22(13-9-21)27(28,29)30)17-16-24-31-25(32-36-24)20-10-14-23(35-2)15-11-20/h3-15,18H,16-17H2,1-2H3/t18-/m1/s1. The Morgan fingerprint density at radius 2 is 1.67 bits per heavy atom. The van der Waals surface area contributed by atoms with Gasteiger partial charge in [-0.2, -0.15) is 18.2 Å². The van der Waals surface area contributed by atoms with Gasteiger partial charge in [0, 0.05) is 24.1 Å². The smallest absolute Gasteiger partial charge is 0.416 e. The lowest BCUT2D eigenvalue weighted by molar-refractivity contribution is -0.137. The third-order valence-corrected chi connectivity index (χ3v) is 5.85. The SMILES string of the molecule is COc1ccc(-c2noc(CCN(C(=O)c3ccc(C(F)(F)F)cc3)[C@H](C)c3ccccc3)n2)cc1. The van der Waals surface area contributed by atoms with Crippen LogP contribution in [0, 0.1) is 0 Å². The summed E-state index contributed by atoms with van der Waals surface area (Å²) in [7, 11) is 1.58. The van der Waals surface area contributed by atoms with Crippen molar-refractivity contribution < 1.29 is 27.2 Å². The van der Waals surface area contributed by atoms with E-state index in [0.29, 0.717) is 17.5 Å². The summed E-state index contributed by atoms with van der Waals surface area (Å²) in [6.45, 7) is 2.09. The Kier molecular flexibility index (Phi) is 7.38. The van der Waals surface area contributed by atoms with E-state index in [1.807, 2.05) is 49.4 Å². The van der Waals surface area contributed by atoms with E-state index >= 15 is 0 Å². The summed E-state index contributed by atoms with van der Waals surface area (Å²) >= 11 is 0. The highest BCUT2D eigenvalue weighted by Crippen LogP contribution is 2.30. The maximum absolute atomic E-state index is 13.4. The van der Waals surface area contributed by atoms with Gasteiger partial charge in [-0.25, -0.2) is 0 Å². The summed E-state index contributed by atoms with van der Waals surface area (Å²) in [6, 6.07) is 20.5. The molecule has 186 valence electrons. The number of halogens is 3. The van der Waals surface area contributed by atoms with E-state index in [-0.39, 0.29) is 24.6 Å². The molecule has 1 aromatic heterocycles. The third kappa shape index (κ3) is 5.73. The number of amides is 1. The fraction of sp³-hybridized carbons (Fsp3) is 0.222. The monoisotopic (exact) mass is 495 g/mol. The Morgan fingerprint density at radius 3 is 2.28 bits per heavy atom. The molecule has 0 fully saturated rings. The molecular formula is C27H24F3N3O3. The number of ether oxygens (including phenoxy) is 1. The molecule has 36 heavy (non-hydrogen) atoms. The van der Waals surface area contributed by atoms with Crippen molar-refractivity contribution in [2.24, 2.45) is 0 Å². The second-order valence-corrected chi connectivity index (χ2v) is 8.15. The third-order valence-electron chi connectivity index (χ3n) is 5.85. The Labute approximate surface area is 206 Å². The van der Waals surface area contributed by atoms with Crippen molar-refractivity contribution in [3.8, 4) is 17.1 Å². The molecule has 4 aromatic rings. The van der Waals surface area contributed by atoms with Crippen LogP contribution >= 0.6 is 0 Å². The number of aromatic nitrogens is 2. The number of carbonyl (C=O) groups is 1. The van der Waals surface area contributed by atoms with E-state index in [1.165, 1.54) is 12.1 Å². The van der Waals surface area contributed by atoms with Crippen LogP contribution in [0.5, 0.6) is 5.75 Å². The first kappa shape index (κ1) is 25.0. The minimum atomic E-state index is -4.47. The summed E-state index contributed by atoms with van der Waals surface area (Å²) in [6.07, 6.45) is -4.20. The van der Waals surface area contributed by atoms with E-state index in [0.717, 1.165) is 23.3 Å². The van der Waals surface area contributed by atoms with Gasteiger partial charge in [0.1, 0.15) is 5.75 Å². The Balaban J connectivity index is 1.54. The minimum Gasteiger partial charge on any atom is -0.497 e. The topological polar surface area (TPSA) is 68.5 Å². The zero-order valence-electron chi connectivity index (χ0n) is 19.7. The molecule has 0 unspecified atom stereocenters. The number of rotatable bonds is 8. The zero-order chi connectivity index (χ0) is 25.7. The van der Waals surface area contributed by atoms with E-state index < -0.39 is 17.6 Å². The molecule has 1 amide bonds. The molecule has 0 aliphatic carbocycles. The van der Waals surface area contributed by atoms with Gasteiger partial charge < -0.3 is 14.2 Å². The molecule has 0 aliphatic heterocycles. The van der Waals surface area contributed by atoms with Gasteiger partial charge in [-0.05, 0) is 61.0 Å². The average molecular weight is 496 g/mol. The molecule has 0 saturated carbocycles. The maximum atomic E-state index is 13.4. The van der Waals surface area contributed by atoms with E-state index in [1.54, 1.807) is 24.1 Å². The van der Waals surface area contributed by atoms with Crippen molar-refractivity contribution in [3.05, 3.63) is 101 Å². The molecule has 0 aliphatic rings. The van der Waals surface area contributed by atoms with Crippen molar-refractivity contribution in [1.29, 1.82) is 0 Å². The molecular weight excluding hydrogens is 471 g/mol. The number of carbonyl (C=O) groups excluding carboxylic acids is 1. The summed E-state index contributed by atoms with van der Waals surface area (Å²) in [5, 5.41) is 4.02. The van der Waals surface area contributed by atoms with Gasteiger partial charge in [-0.15, -0.1) is 0 Å². The fourth-order valence-electron chi connectivity index (χ4n) is 3.78. The molecule has 9 heteroatoms. The highest BCUT2D eigenvalue weighted by Gasteiger charge is 2.31. The van der Waals surface area contributed by atoms with E-state index in [4.69, 9.17) is 9.26 Å². The van der Waals surface area contributed by atoms with Crippen molar-refractivity contribution in [3.63, 3.8) is 0 Å². The fourth-order valence-corrected chi connectivity index (χ4v) is 3.78. The number of hydrogen-bond donors (Lipinski definition) is 0. The van der Waals surface area contributed by atoms with Crippen LogP contribution in [0.2, 0.25) is 0 Å². The zero-order valence-corrected chi connectivity index (χ0v) is 19.7. The second kappa shape index (κ2) is 10.6. The van der Waals surface area contributed by atoms with E-state index in [9.17, 15) is 18.0 Å². The van der Waals surface area contributed by atoms with Gasteiger partial charge in [0.25, 0.3) is 5.91 Å². The summed E-state index contributed by atoms with van der Waals surface area (Å²) in [5.74, 6) is 1.06. The van der Waals surface area contributed by atoms with Crippen molar-refractivity contribution in [2.75, 3.05) is 13.7 Å². The molecule has 1 atom stereocenters. The van der Waals surface area contributed by atoms with Crippen molar-refractivity contribution >= 4 is 5.91 Å². The van der Waals surface area contributed by atoms with Crippen LogP contribution in [0.1, 0.15) is 40.3 Å². The lowest BCUT2D eigenvalue weighted by atomic mass is 10.0. The first-order valence-electron chi connectivity index (χ1n) is 11.3. The summed E-state index contributed by atoms with van der Waals surface area (Å²) < 4.78 is 49.5. The molecule has 0 bridgehead atoms. The largest absolute Gasteiger partial charge is 0.497 e. The van der Waals surface area contributed by atoms with Crippen LogP contribution in [-0.4, -0.2) is 34.6 Å². The van der Waals surface area contributed by atoms with Crippen LogP contribution in [0.4, 0.5) is 13.2 Å². The minimum absolute atomic E-state index is 0.162. The van der Waals surface area contributed by atoms with Gasteiger partial charge in [0.15, 0.2) is 0 Å². The summed E-state index contributed by atoms with van der Waals surface area (Å²) in [4.78, 5) is 19.4. The summed E-state index contributed by atoms with van der Waals surface area (Å²) in [5.41, 5.74) is 0.997. The number of methoxy groups -OCH3 is 1. The number of benzene rings is 3. The van der Waals surface area contributed by atoms with Gasteiger partial charge in [-0.3, -0.25) is 4.79 Å². The quantitative estimate of drug-likeness (QED) is 0.291. The van der Waals surface area contributed by atoms with Gasteiger partial charge in [0.05, 0.1) is 18.7 Å². The van der Waals surface area contributed by atoms with Crippen LogP contribution in [0.3, 0.4) is 0 Å². The second-order valence-electron chi connectivity index (χ2n) is 8.15. The van der Waals surface area contributed by atoms with Crippen LogP contribution in [0.15, 0.2) is 83.4 Å². The van der Waals surface area contributed by atoms with E-state index in [2.05, 4.69) is 10.1 Å². The Morgan fingerprint density at radius 1 is 1.00 bits per heavy atom. The molecule has 4 rings (SSSR count). The van der Waals surface area contributed by atoms with Crippen molar-refractivity contribution in [1.82, 2.24) is 15.0 Å². The molecule has 0 saturated heterocycles. The molecule has 6 nitrogen and oxygen atoms in total. The average Bonchev–Trinajstić information content (AvgIpc) is 3.37. The molecule has 0 spiro atoms. The van der Waals surface area contributed by atoms with Crippen molar-refractivity contribution in [2.45, 2.75) is 25.6 Å². The number of hydrogen-bond acceptors (Lipinski definition) is 5. The maximum Gasteiger partial charge on any atom is 0.416 e. The van der Waals surface area contributed by atoms with Crippen LogP contribution < -0.4 is 4.74 Å². The molecule has 0 N–H and O–H groups in total. The predicted molar refractivity (Wildman–Crippen MR) is 127 cm³/mol.